The fourth-order valence-electron chi connectivity index (χ4n) is 2.03. The summed E-state index contributed by atoms with van der Waals surface area (Å²) in [5.41, 5.74) is 2.66. The molecule has 3 aromatic heterocycles. The molecule has 2 amide bonds. The Balaban J connectivity index is 1.92. The van der Waals surface area contributed by atoms with Crippen LogP contribution in [0.5, 0.6) is 0 Å². The molecule has 0 radical (unpaired) electrons. The first-order chi connectivity index (χ1) is 11.2. The van der Waals surface area contributed by atoms with Crippen LogP contribution >= 0.6 is 11.3 Å². The van der Waals surface area contributed by atoms with Crippen molar-refractivity contribution < 1.29 is 9.90 Å². The van der Waals surface area contributed by atoms with E-state index in [0.717, 1.165) is 10.4 Å². The summed E-state index contributed by atoms with van der Waals surface area (Å²) in [5, 5.41) is 16.4. The Labute approximate surface area is 136 Å². The van der Waals surface area contributed by atoms with Gasteiger partial charge in [0.05, 0.1) is 18.5 Å². The van der Waals surface area contributed by atoms with Gasteiger partial charge in [-0.25, -0.2) is 14.8 Å². The molecule has 118 valence electrons. The van der Waals surface area contributed by atoms with Crippen molar-refractivity contribution >= 4 is 34.3 Å². The minimum absolute atomic E-state index is 0.00450. The summed E-state index contributed by atoms with van der Waals surface area (Å²) in [7, 11) is 0. The van der Waals surface area contributed by atoms with Gasteiger partial charge in [0.2, 0.25) is 0 Å². The Morgan fingerprint density at radius 3 is 2.96 bits per heavy atom. The highest BCUT2D eigenvalue weighted by atomic mass is 32.1. The van der Waals surface area contributed by atoms with Gasteiger partial charge in [-0.05, 0) is 25.1 Å². The number of hydrogen-bond acceptors (Lipinski definition) is 6. The van der Waals surface area contributed by atoms with Gasteiger partial charge in [-0.1, -0.05) is 0 Å². The molecule has 3 aromatic rings. The van der Waals surface area contributed by atoms with Crippen molar-refractivity contribution in [2.24, 2.45) is 0 Å². The predicted octanol–water partition coefficient (Wildman–Crippen LogP) is 2.39. The lowest BCUT2D eigenvalue weighted by Crippen LogP contribution is -2.28. The maximum absolute atomic E-state index is 11.6. The van der Waals surface area contributed by atoms with E-state index in [2.05, 4.69) is 25.6 Å². The Morgan fingerprint density at radius 2 is 2.22 bits per heavy atom. The smallest absolute Gasteiger partial charge is 0.320 e. The van der Waals surface area contributed by atoms with Crippen LogP contribution in [0.4, 0.5) is 10.6 Å². The molecule has 0 aliphatic heterocycles. The van der Waals surface area contributed by atoms with Crippen molar-refractivity contribution in [3.8, 4) is 11.3 Å². The fraction of sp³-hybridized carbons (Fsp3) is 0.200. The van der Waals surface area contributed by atoms with E-state index in [4.69, 9.17) is 5.11 Å². The van der Waals surface area contributed by atoms with E-state index in [1.54, 1.807) is 18.3 Å². The number of carbonyl (C=O) groups excluding carboxylic acids is 1. The van der Waals surface area contributed by atoms with Crippen LogP contribution in [0.1, 0.15) is 11.8 Å². The molecule has 0 aliphatic carbocycles. The predicted molar refractivity (Wildman–Crippen MR) is 89.3 cm³/mol. The number of pyridine rings is 1. The number of rotatable bonds is 4. The average Bonchev–Trinajstić information content (AvgIpc) is 3.03. The quantitative estimate of drug-likeness (QED) is 0.682. The Bertz CT molecular complexity index is 849. The lowest BCUT2D eigenvalue weighted by Gasteiger charge is -2.06. The third-order valence-corrected chi connectivity index (χ3v) is 4.01. The molecular formula is C15H15N5O2S. The number of anilines is 1. The van der Waals surface area contributed by atoms with Gasteiger partial charge >= 0.3 is 6.03 Å². The zero-order chi connectivity index (χ0) is 16.2. The monoisotopic (exact) mass is 329 g/mol. The first-order valence-corrected chi connectivity index (χ1v) is 7.95. The topological polar surface area (TPSA) is 100 Å². The molecular weight excluding hydrogens is 314 g/mol. The third-order valence-electron chi connectivity index (χ3n) is 3.09. The molecule has 0 atom stereocenters. The molecule has 0 bridgehead atoms. The van der Waals surface area contributed by atoms with Crippen molar-refractivity contribution in [1.29, 1.82) is 0 Å². The highest BCUT2D eigenvalue weighted by Crippen LogP contribution is 2.25. The minimum atomic E-state index is -0.311. The number of thiophene rings is 1. The van der Waals surface area contributed by atoms with E-state index in [1.165, 1.54) is 11.3 Å². The van der Waals surface area contributed by atoms with Crippen molar-refractivity contribution in [3.05, 3.63) is 34.7 Å². The molecule has 23 heavy (non-hydrogen) atoms. The maximum atomic E-state index is 11.6. The summed E-state index contributed by atoms with van der Waals surface area (Å²) in [6.07, 6.45) is 1.67. The van der Waals surface area contributed by atoms with E-state index in [0.29, 0.717) is 29.2 Å². The Kier molecular flexibility index (Phi) is 4.45. The third kappa shape index (κ3) is 3.43. The van der Waals surface area contributed by atoms with E-state index in [9.17, 15) is 4.79 Å². The number of hydrogen-bond donors (Lipinski definition) is 3. The largest absolute Gasteiger partial charge is 0.391 e. The van der Waals surface area contributed by atoms with Crippen LogP contribution < -0.4 is 10.6 Å². The molecule has 0 saturated carbocycles. The van der Waals surface area contributed by atoms with Gasteiger partial charge in [0.25, 0.3) is 0 Å². The number of amides is 2. The van der Waals surface area contributed by atoms with Gasteiger partial charge in [0, 0.05) is 22.4 Å². The second kappa shape index (κ2) is 6.67. The molecule has 0 saturated heterocycles. The van der Waals surface area contributed by atoms with Crippen molar-refractivity contribution in [2.45, 2.75) is 13.5 Å². The summed E-state index contributed by atoms with van der Waals surface area (Å²) >= 11 is 1.46. The molecule has 3 heterocycles. The molecule has 0 aliphatic rings. The van der Waals surface area contributed by atoms with Crippen molar-refractivity contribution in [1.82, 2.24) is 20.3 Å². The summed E-state index contributed by atoms with van der Waals surface area (Å²) in [5.74, 6) is 0.413. The number of aliphatic hydroxyl groups is 1. The average molecular weight is 329 g/mol. The first-order valence-electron chi connectivity index (χ1n) is 7.07. The van der Waals surface area contributed by atoms with Gasteiger partial charge in [0.1, 0.15) is 11.3 Å². The molecule has 8 heteroatoms. The highest BCUT2D eigenvalue weighted by Gasteiger charge is 2.08. The van der Waals surface area contributed by atoms with Gasteiger partial charge in [-0.2, -0.15) is 0 Å². The van der Waals surface area contributed by atoms with Crippen LogP contribution in [0, 0.1) is 0 Å². The number of nitrogens with one attached hydrogen (secondary N) is 2. The molecule has 0 fully saturated rings. The molecule has 0 aromatic carbocycles. The van der Waals surface area contributed by atoms with Crippen molar-refractivity contribution in [3.63, 3.8) is 0 Å². The molecule has 0 unspecified atom stereocenters. The molecule has 0 spiro atoms. The lowest BCUT2D eigenvalue weighted by molar-refractivity contribution is 0.252. The zero-order valence-corrected chi connectivity index (χ0v) is 13.2. The van der Waals surface area contributed by atoms with E-state index >= 15 is 0 Å². The van der Waals surface area contributed by atoms with Crippen LogP contribution in [0.15, 0.2) is 29.8 Å². The highest BCUT2D eigenvalue weighted by molar-refractivity contribution is 7.10. The lowest BCUT2D eigenvalue weighted by atomic mass is 10.2. The second-order valence-corrected chi connectivity index (χ2v) is 5.73. The van der Waals surface area contributed by atoms with Crippen LogP contribution in [-0.4, -0.2) is 32.6 Å². The second-order valence-electron chi connectivity index (χ2n) is 4.74. The maximum Gasteiger partial charge on any atom is 0.320 e. The van der Waals surface area contributed by atoms with Crippen LogP contribution in [0.3, 0.4) is 0 Å². The van der Waals surface area contributed by atoms with Crippen molar-refractivity contribution in [2.75, 3.05) is 11.9 Å². The van der Waals surface area contributed by atoms with E-state index in [1.807, 2.05) is 18.4 Å². The van der Waals surface area contributed by atoms with Gasteiger partial charge < -0.3 is 10.4 Å². The summed E-state index contributed by atoms with van der Waals surface area (Å²) in [6, 6.07) is 5.00. The minimum Gasteiger partial charge on any atom is -0.391 e. The fourth-order valence-corrected chi connectivity index (χ4v) is 2.76. The summed E-state index contributed by atoms with van der Waals surface area (Å²) in [4.78, 5) is 25.6. The SMILES string of the molecule is CCNC(=O)Nc1ccc2ncc(-c3csc(CO)c3)nc2n1. The number of fused-ring (bicyclic) bond motifs is 1. The number of aromatic nitrogens is 3. The van der Waals surface area contributed by atoms with Gasteiger partial charge in [-0.3, -0.25) is 10.3 Å². The van der Waals surface area contributed by atoms with Crippen LogP contribution in [0.25, 0.3) is 22.4 Å². The summed E-state index contributed by atoms with van der Waals surface area (Å²) < 4.78 is 0. The van der Waals surface area contributed by atoms with Gasteiger partial charge in [0.15, 0.2) is 5.65 Å². The normalized spacial score (nSPS) is 10.7. The Hall–Kier alpha value is -2.58. The number of aliphatic hydroxyl groups excluding tert-OH is 1. The van der Waals surface area contributed by atoms with Crippen LogP contribution in [-0.2, 0) is 6.61 Å². The van der Waals surface area contributed by atoms with E-state index in [-0.39, 0.29) is 12.6 Å². The van der Waals surface area contributed by atoms with Gasteiger partial charge in [-0.15, -0.1) is 11.3 Å². The molecule has 3 rings (SSSR count). The standard InChI is InChI=1S/C15H15N5O2S/c1-2-16-15(22)20-13-4-3-11-14(19-13)18-12(6-17-11)9-5-10(7-21)23-8-9/h3-6,8,21H,2,7H2,1H3,(H2,16,18,19,20,22). The molecule has 3 N–H and O–H groups in total. The zero-order valence-electron chi connectivity index (χ0n) is 12.4. The number of urea groups is 1. The Morgan fingerprint density at radius 1 is 1.35 bits per heavy atom. The first kappa shape index (κ1) is 15.3. The summed E-state index contributed by atoms with van der Waals surface area (Å²) in [6.45, 7) is 2.38. The number of carbonyl (C=O) groups is 1. The number of nitrogens with zero attached hydrogens (tertiary/aromatic N) is 3. The molecule has 7 nitrogen and oxygen atoms in total. The van der Waals surface area contributed by atoms with E-state index < -0.39 is 0 Å². The van der Waals surface area contributed by atoms with Crippen LogP contribution in [0.2, 0.25) is 0 Å².